The highest BCUT2D eigenvalue weighted by Crippen LogP contribution is 2.46. The van der Waals surface area contributed by atoms with Gasteiger partial charge in [0, 0.05) is 34.6 Å². The summed E-state index contributed by atoms with van der Waals surface area (Å²) in [5.74, 6) is -0.392. The van der Waals surface area contributed by atoms with E-state index in [-0.39, 0.29) is 0 Å². The number of primary amides is 1. The summed E-state index contributed by atoms with van der Waals surface area (Å²) in [4.78, 5) is 15.1. The van der Waals surface area contributed by atoms with Crippen LogP contribution in [0.4, 0.5) is 0 Å². The molecule has 1 unspecified atom stereocenters. The van der Waals surface area contributed by atoms with Crippen LogP contribution in [-0.2, 0) is 16.6 Å². The predicted molar refractivity (Wildman–Crippen MR) is 117 cm³/mol. The van der Waals surface area contributed by atoms with Gasteiger partial charge in [0.2, 0.25) is 0 Å². The van der Waals surface area contributed by atoms with Crippen LogP contribution < -0.4 is 11.1 Å². The summed E-state index contributed by atoms with van der Waals surface area (Å²) in [6.45, 7) is 4.19. The molecule has 3 N–H and O–H groups in total. The summed E-state index contributed by atoms with van der Waals surface area (Å²) < 4.78 is 0. The fraction of sp³-hybridized carbons (Fsp3) is 0.409. The molecule has 1 amide bonds. The molecular formula is C22H26ClN3OS. The lowest BCUT2D eigenvalue weighted by atomic mass is 9.81. The van der Waals surface area contributed by atoms with Crippen molar-refractivity contribution < 1.29 is 4.79 Å². The number of fused-ring (bicyclic) bond motifs is 2. The largest absolute Gasteiger partial charge is 0.390 e. The van der Waals surface area contributed by atoms with Crippen molar-refractivity contribution in [2.24, 2.45) is 5.73 Å². The summed E-state index contributed by atoms with van der Waals surface area (Å²) in [7, 11) is 0. The van der Waals surface area contributed by atoms with Crippen LogP contribution in [0.2, 0.25) is 5.02 Å². The number of hydrogen-bond acceptors (Lipinski definition) is 4. The van der Waals surface area contributed by atoms with E-state index in [2.05, 4.69) is 22.3 Å². The molecule has 2 heterocycles. The van der Waals surface area contributed by atoms with E-state index in [1.807, 2.05) is 23.6 Å². The van der Waals surface area contributed by atoms with Gasteiger partial charge in [0.1, 0.15) is 0 Å². The van der Waals surface area contributed by atoms with Crippen LogP contribution in [-0.4, -0.2) is 37.0 Å². The number of carbonyl (C=O) groups is 1. The number of benzene rings is 1. The van der Waals surface area contributed by atoms with E-state index >= 15 is 0 Å². The molecule has 1 saturated heterocycles. The van der Waals surface area contributed by atoms with Gasteiger partial charge in [-0.05, 0) is 73.5 Å². The first-order valence-electron chi connectivity index (χ1n) is 9.86. The molecule has 2 aromatic rings. The van der Waals surface area contributed by atoms with E-state index in [9.17, 15) is 4.79 Å². The van der Waals surface area contributed by atoms with Crippen molar-refractivity contribution in [2.45, 2.75) is 31.1 Å². The third-order valence-corrected chi connectivity index (χ3v) is 7.18. The molecule has 4 nitrogen and oxygen atoms in total. The van der Waals surface area contributed by atoms with Gasteiger partial charge in [-0.25, -0.2) is 0 Å². The molecule has 28 heavy (non-hydrogen) atoms. The highest BCUT2D eigenvalue weighted by atomic mass is 35.5. The van der Waals surface area contributed by atoms with Crippen molar-refractivity contribution in [3.8, 4) is 0 Å². The molecule has 1 aromatic carbocycles. The van der Waals surface area contributed by atoms with Gasteiger partial charge >= 0.3 is 0 Å². The second kappa shape index (κ2) is 8.27. The Bertz CT molecular complexity index is 880. The van der Waals surface area contributed by atoms with E-state index in [1.54, 1.807) is 6.20 Å². The highest BCUT2D eigenvalue weighted by molar-refractivity contribution is 7.11. The Morgan fingerprint density at radius 3 is 3.04 bits per heavy atom. The maximum Gasteiger partial charge on any atom is 0.251 e. The number of nitrogens with one attached hydrogen (secondary N) is 1. The van der Waals surface area contributed by atoms with E-state index in [0.29, 0.717) is 11.0 Å². The lowest BCUT2D eigenvalue weighted by Gasteiger charge is -2.25. The first-order chi connectivity index (χ1) is 13.6. The van der Waals surface area contributed by atoms with Gasteiger partial charge in [0.25, 0.3) is 5.91 Å². The molecular weight excluding hydrogens is 390 g/mol. The fourth-order valence-corrected chi connectivity index (χ4v) is 5.58. The molecule has 4 rings (SSSR count). The number of halogens is 1. The first kappa shape index (κ1) is 19.5. The number of carbonyl (C=O) groups excluding carboxylic acids is 1. The van der Waals surface area contributed by atoms with E-state index in [4.69, 9.17) is 17.3 Å². The van der Waals surface area contributed by atoms with Gasteiger partial charge in [-0.2, -0.15) is 0 Å². The molecule has 1 spiro atoms. The van der Waals surface area contributed by atoms with Crippen molar-refractivity contribution in [1.82, 2.24) is 10.2 Å². The molecule has 1 aliphatic heterocycles. The second-order valence-electron chi connectivity index (χ2n) is 7.82. The minimum Gasteiger partial charge on any atom is -0.390 e. The van der Waals surface area contributed by atoms with Crippen LogP contribution in [0, 0.1) is 0 Å². The van der Waals surface area contributed by atoms with Crippen molar-refractivity contribution >= 4 is 34.4 Å². The van der Waals surface area contributed by atoms with Crippen molar-refractivity contribution in [1.29, 1.82) is 0 Å². The Balaban J connectivity index is 1.27. The third kappa shape index (κ3) is 3.97. The lowest BCUT2D eigenvalue weighted by Crippen LogP contribution is -2.30. The number of rotatable bonds is 7. The van der Waals surface area contributed by atoms with Crippen LogP contribution in [0.3, 0.4) is 0 Å². The first-order valence-corrected chi connectivity index (χ1v) is 11.1. The number of hydrogen-bond donors (Lipinski definition) is 2. The van der Waals surface area contributed by atoms with Crippen LogP contribution >= 0.6 is 22.9 Å². The minimum absolute atomic E-state index is 0.325. The lowest BCUT2D eigenvalue weighted by molar-refractivity contribution is -0.112. The Morgan fingerprint density at radius 2 is 2.25 bits per heavy atom. The number of nitrogens with two attached hydrogens (primary N) is 1. The molecule has 1 fully saturated rings. The maximum atomic E-state index is 11.6. The van der Waals surface area contributed by atoms with Gasteiger partial charge in [0.15, 0.2) is 0 Å². The quantitative estimate of drug-likeness (QED) is 0.534. The second-order valence-corrected chi connectivity index (χ2v) is 9.20. The zero-order valence-electron chi connectivity index (χ0n) is 15.9. The maximum absolute atomic E-state index is 11.6. The predicted octanol–water partition coefficient (Wildman–Crippen LogP) is 3.80. The minimum atomic E-state index is -0.392. The normalized spacial score (nSPS) is 22.0. The molecule has 1 aliphatic carbocycles. The molecule has 0 radical (unpaired) electrons. The number of amides is 1. The SMILES string of the molecule is NC(=O)/C(=C\NCCCN1CCC2(CCc3cc(Cl)ccc32)C1)c1cccs1. The van der Waals surface area contributed by atoms with Crippen molar-refractivity contribution in [3.05, 3.63) is 62.9 Å². The molecule has 0 saturated carbocycles. The summed E-state index contributed by atoms with van der Waals surface area (Å²) in [5, 5.41) is 6.06. The molecule has 2 aliphatic rings. The molecule has 6 heteroatoms. The number of likely N-dealkylation sites (tertiary alicyclic amines) is 1. The number of nitrogens with zero attached hydrogens (tertiary/aromatic N) is 1. The summed E-state index contributed by atoms with van der Waals surface area (Å²) in [6.07, 6.45) is 6.42. The molecule has 1 aromatic heterocycles. The molecule has 0 bridgehead atoms. The highest BCUT2D eigenvalue weighted by Gasteiger charge is 2.43. The molecule has 148 valence electrons. The average Bonchev–Trinajstić information content (AvgIpc) is 3.40. The van der Waals surface area contributed by atoms with Gasteiger partial charge in [0.05, 0.1) is 5.57 Å². The molecule has 1 atom stereocenters. The monoisotopic (exact) mass is 415 g/mol. The topological polar surface area (TPSA) is 58.4 Å². The van der Waals surface area contributed by atoms with Crippen molar-refractivity contribution in [2.75, 3.05) is 26.2 Å². The number of thiophene rings is 1. The van der Waals surface area contributed by atoms with Gasteiger partial charge < -0.3 is 16.0 Å². The van der Waals surface area contributed by atoms with Gasteiger partial charge in [-0.3, -0.25) is 4.79 Å². The Hall–Kier alpha value is -1.82. The number of aryl methyl sites for hydroxylation is 1. The van der Waals surface area contributed by atoms with Gasteiger partial charge in [-0.15, -0.1) is 11.3 Å². The van der Waals surface area contributed by atoms with E-state index in [0.717, 1.165) is 48.9 Å². The average molecular weight is 416 g/mol. The van der Waals surface area contributed by atoms with Crippen LogP contribution in [0.1, 0.15) is 35.3 Å². The Morgan fingerprint density at radius 1 is 1.36 bits per heavy atom. The summed E-state index contributed by atoms with van der Waals surface area (Å²) in [6, 6.07) is 10.3. The van der Waals surface area contributed by atoms with E-state index in [1.165, 1.54) is 35.3 Å². The van der Waals surface area contributed by atoms with Crippen molar-refractivity contribution in [3.63, 3.8) is 0 Å². The standard InChI is InChI=1S/C22H26ClN3OS/c23-17-4-5-19-16(13-17)6-7-22(19)8-11-26(15-22)10-2-9-25-14-18(21(24)27)20-3-1-12-28-20/h1,3-5,12-14,25H,2,6-11,15H2,(H2,24,27)/b18-14-. The zero-order valence-corrected chi connectivity index (χ0v) is 17.5. The Labute approximate surface area is 175 Å². The third-order valence-electron chi connectivity index (χ3n) is 6.04. The van der Waals surface area contributed by atoms with E-state index < -0.39 is 5.91 Å². The smallest absolute Gasteiger partial charge is 0.251 e. The Kier molecular flexibility index (Phi) is 5.76. The summed E-state index contributed by atoms with van der Waals surface area (Å²) >= 11 is 7.69. The van der Waals surface area contributed by atoms with Crippen LogP contribution in [0.25, 0.3) is 5.57 Å². The fourth-order valence-electron chi connectivity index (χ4n) is 4.64. The van der Waals surface area contributed by atoms with Crippen LogP contribution in [0.15, 0.2) is 41.9 Å². The van der Waals surface area contributed by atoms with Gasteiger partial charge in [-0.1, -0.05) is 23.7 Å². The zero-order chi connectivity index (χ0) is 19.6. The summed E-state index contributed by atoms with van der Waals surface area (Å²) in [5.41, 5.74) is 9.33. The van der Waals surface area contributed by atoms with Crippen LogP contribution in [0.5, 0.6) is 0 Å².